The summed E-state index contributed by atoms with van der Waals surface area (Å²) in [6.45, 7) is 6.25. The number of nitrogens with zero attached hydrogens (tertiary/aromatic N) is 2. The molecule has 20 heavy (non-hydrogen) atoms. The Morgan fingerprint density at radius 1 is 1.20 bits per heavy atom. The lowest BCUT2D eigenvalue weighted by molar-refractivity contribution is 0.0987. The number of aryl methyl sites for hydroxylation is 2. The van der Waals surface area contributed by atoms with Gasteiger partial charge in [0.25, 0.3) is 5.91 Å². The summed E-state index contributed by atoms with van der Waals surface area (Å²) >= 11 is 0. The number of carbonyl (C=O) groups is 1. The van der Waals surface area contributed by atoms with Gasteiger partial charge in [0.2, 0.25) is 0 Å². The highest BCUT2D eigenvalue weighted by atomic mass is 16.2. The second kappa shape index (κ2) is 5.74. The highest BCUT2D eigenvalue weighted by Gasteiger charge is 2.19. The average molecular weight is 269 g/mol. The molecule has 0 saturated heterocycles. The molecule has 0 spiro atoms. The second-order valence-electron chi connectivity index (χ2n) is 4.69. The summed E-state index contributed by atoms with van der Waals surface area (Å²) in [4.78, 5) is 18.7. The summed E-state index contributed by atoms with van der Waals surface area (Å²) in [5, 5.41) is 0. The number of carbonyl (C=O) groups excluding carboxylic acids is 1. The fraction of sp³-hybridized carbons (Fsp3) is 0.250. The highest BCUT2D eigenvalue weighted by molar-refractivity contribution is 6.08. The molecule has 1 amide bonds. The number of hydrogen-bond acceptors (Lipinski definition) is 3. The Morgan fingerprint density at radius 3 is 2.50 bits per heavy atom. The van der Waals surface area contributed by atoms with E-state index in [0.29, 0.717) is 17.8 Å². The van der Waals surface area contributed by atoms with E-state index in [-0.39, 0.29) is 5.91 Å². The highest BCUT2D eigenvalue weighted by Crippen LogP contribution is 2.24. The van der Waals surface area contributed by atoms with E-state index >= 15 is 0 Å². The van der Waals surface area contributed by atoms with Crippen molar-refractivity contribution in [3.63, 3.8) is 0 Å². The molecular weight excluding hydrogens is 250 g/mol. The van der Waals surface area contributed by atoms with Crippen LogP contribution >= 0.6 is 0 Å². The van der Waals surface area contributed by atoms with Crippen LogP contribution in [0.5, 0.6) is 0 Å². The predicted octanol–water partition coefficient (Wildman–Crippen LogP) is 2.95. The maximum atomic E-state index is 12.7. The molecule has 0 radical (unpaired) electrons. The Kier molecular flexibility index (Phi) is 4.03. The van der Waals surface area contributed by atoms with Crippen molar-refractivity contribution < 1.29 is 4.79 Å². The van der Waals surface area contributed by atoms with E-state index in [4.69, 9.17) is 5.73 Å². The third-order valence-electron chi connectivity index (χ3n) is 3.24. The van der Waals surface area contributed by atoms with Crippen LogP contribution in [-0.4, -0.2) is 17.4 Å². The van der Waals surface area contributed by atoms with E-state index in [9.17, 15) is 4.79 Å². The molecule has 0 unspecified atom stereocenters. The molecule has 1 heterocycles. The van der Waals surface area contributed by atoms with Crippen LogP contribution in [0, 0.1) is 13.8 Å². The zero-order valence-corrected chi connectivity index (χ0v) is 12.1. The number of nitrogen functional groups attached to an aromatic ring is 1. The van der Waals surface area contributed by atoms with Crippen molar-refractivity contribution >= 4 is 17.3 Å². The first kappa shape index (κ1) is 14.1. The van der Waals surface area contributed by atoms with Crippen molar-refractivity contribution in [2.24, 2.45) is 0 Å². The van der Waals surface area contributed by atoms with Crippen LogP contribution in [0.4, 0.5) is 11.4 Å². The zero-order valence-electron chi connectivity index (χ0n) is 12.1. The third kappa shape index (κ3) is 2.64. The largest absolute Gasteiger partial charge is 0.397 e. The van der Waals surface area contributed by atoms with Crippen molar-refractivity contribution in [3.8, 4) is 0 Å². The van der Waals surface area contributed by atoms with Gasteiger partial charge in [0, 0.05) is 12.2 Å². The van der Waals surface area contributed by atoms with Gasteiger partial charge in [-0.1, -0.05) is 12.1 Å². The molecule has 0 aliphatic carbocycles. The zero-order chi connectivity index (χ0) is 14.7. The van der Waals surface area contributed by atoms with E-state index in [1.807, 2.05) is 51.1 Å². The molecule has 2 aromatic rings. The van der Waals surface area contributed by atoms with Gasteiger partial charge in [-0.2, -0.15) is 0 Å². The number of anilines is 2. The minimum atomic E-state index is -0.0737. The molecule has 0 saturated carbocycles. The predicted molar refractivity (Wildman–Crippen MR) is 81.9 cm³/mol. The van der Waals surface area contributed by atoms with E-state index in [0.717, 1.165) is 17.1 Å². The molecule has 0 aliphatic heterocycles. The number of para-hydroxylation sites is 2. The molecule has 4 nitrogen and oxygen atoms in total. The van der Waals surface area contributed by atoms with Gasteiger partial charge in [0.05, 0.1) is 22.6 Å². The van der Waals surface area contributed by atoms with Crippen LogP contribution in [0.1, 0.15) is 28.7 Å². The molecule has 2 N–H and O–H groups in total. The van der Waals surface area contributed by atoms with Crippen LogP contribution < -0.4 is 10.6 Å². The average Bonchev–Trinajstić information content (AvgIpc) is 2.41. The minimum absolute atomic E-state index is 0.0737. The maximum Gasteiger partial charge on any atom is 0.260 e. The van der Waals surface area contributed by atoms with Crippen molar-refractivity contribution in [2.45, 2.75) is 20.8 Å². The van der Waals surface area contributed by atoms with E-state index < -0.39 is 0 Å². The molecule has 1 aromatic carbocycles. The number of hydrogen-bond donors (Lipinski definition) is 1. The second-order valence-corrected chi connectivity index (χ2v) is 4.69. The lowest BCUT2D eigenvalue weighted by atomic mass is 10.1. The smallest absolute Gasteiger partial charge is 0.260 e. The molecule has 0 fully saturated rings. The van der Waals surface area contributed by atoms with Crippen molar-refractivity contribution in [1.29, 1.82) is 0 Å². The van der Waals surface area contributed by atoms with Gasteiger partial charge in [-0.3, -0.25) is 9.78 Å². The van der Waals surface area contributed by atoms with E-state index in [1.54, 1.807) is 11.0 Å². The number of pyridine rings is 1. The monoisotopic (exact) mass is 269 g/mol. The Bertz CT molecular complexity index is 637. The SMILES string of the molecule is CCN(C(=O)c1ccc(C)nc1C)c1ccccc1N. The topological polar surface area (TPSA) is 59.2 Å². The van der Waals surface area contributed by atoms with Gasteiger partial charge in [0.1, 0.15) is 0 Å². The first-order valence-corrected chi connectivity index (χ1v) is 6.65. The molecule has 0 bridgehead atoms. The molecule has 2 rings (SSSR count). The quantitative estimate of drug-likeness (QED) is 0.871. The number of amides is 1. The van der Waals surface area contributed by atoms with E-state index in [2.05, 4.69) is 4.98 Å². The van der Waals surface area contributed by atoms with Crippen LogP contribution in [0.15, 0.2) is 36.4 Å². The van der Waals surface area contributed by atoms with Crippen LogP contribution in [0.25, 0.3) is 0 Å². The number of nitrogens with two attached hydrogens (primary N) is 1. The Balaban J connectivity index is 2.42. The molecule has 104 valence electrons. The lowest BCUT2D eigenvalue weighted by Crippen LogP contribution is -2.32. The standard InChI is InChI=1S/C16H19N3O/c1-4-19(15-8-6-5-7-14(15)17)16(20)13-10-9-11(2)18-12(13)3/h5-10H,4,17H2,1-3H3. The van der Waals surface area contributed by atoms with Gasteiger partial charge in [-0.15, -0.1) is 0 Å². The van der Waals surface area contributed by atoms with Crippen molar-refractivity contribution in [1.82, 2.24) is 4.98 Å². The number of aromatic nitrogens is 1. The fourth-order valence-electron chi connectivity index (χ4n) is 2.21. The summed E-state index contributed by atoms with van der Waals surface area (Å²) in [5.41, 5.74) is 9.55. The van der Waals surface area contributed by atoms with Crippen molar-refractivity contribution in [3.05, 3.63) is 53.3 Å². The molecule has 1 aromatic heterocycles. The van der Waals surface area contributed by atoms with Crippen LogP contribution in [-0.2, 0) is 0 Å². The number of rotatable bonds is 3. The summed E-state index contributed by atoms with van der Waals surface area (Å²) in [6, 6.07) is 11.1. The molecule has 0 aliphatic rings. The summed E-state index contributed by atoms with van der Waals surface area (Å²) in [7, 11) is 0. The number of benzene rings is 1. The molecular formula is C16H19N3O. The van der Waals surface area contributed by atoms with E-state index in [1.165, 1.54) is 0 Å². The minimum Gasteiger partial charge on any atom is -0.397 e. The van der Waals surface area contributed by atoms with Gasteiger partial charge in [-0.25, -0.2) is 0 Å². The fourth-order valence-corrected chi connectivity index (χ4v) is 2.21. The van der Waals surface area contributed by atoms with Gasteiger partial charge < -0.3 is 10.6 Å². The summed E-state index contributed by atoms with van der Waals surface area (Å²) in [5.74, 6) is -0.0737. The Hall–Kier alpha value is -2.36. The van der Waals surface area contributed by atoms with Gasteiger partial charge in [0.15, 0.2) is 0 Å². The molecule has 4 heteroatoms. The first-order chi connectivity index (χ1) is 9.54. The normalized spacial score (nSPS) is 10.3. The third-order valence-corrected chi connectivity index (χ3v) is 3.24. The Labute approximate surface area is 119 Å². The first-order valence-electron chi connectivity index (χ1n) is 6.65. The van der Waals surface area contributed by atoms with Gasteiger partial charge in [-0.05, 0) is 45.0 Å². The lowest BCUT2D eigenvalue weighted by Gasteiger charge is -2.23. The summed E-state index contributed by atoms with van der Waals surface area (Å²) in [6.07, 6.45) is 0. The van der Waals surface area contributed by atoms with Gasteiger partial charge >= 0.3 is 0 Å². The maximum absolute atomic E-state index is 12.7. The van der Waals surface area contributed by atoms with Crippen molar-refractivity contribution in [2.75, 3.05) is 17.2 Å². The van der Waals surface area contributed by atoms with Crippen LogP contribution in [0.2, 0.25) is 0 Å². The molecule has 0 atom stereocenters. The van der Waals surface area contributed by atoms with Crippen LogP contribution in [0.3, 0.4) is 0 Å². The summed E-state index contributed by atoms with van der Waals surface area (Å²) < 4.78 is 0. The Morgan fingerprint density at radius 2 is 1.90 bits per heavy atom.